The van der Waals surface area contributed by atoms with E-state index in [1.54, 1.807) is 0 Å². The van der Waals surface area contributed by atoms with Crippen LogP contribution in [-0.4, -0.2) is 29.1 Å². The zero-order chi connectivity index (χ0) is 14.2. The molecule has 3 rings (SSSR count). The zero-order valence-corrected chi connectivity index (χ0v) is 13.3. The molecule has 2 fully saturated rings. The van der Waals surface area contributed by atoms with E-state index in [-0.39, 0.29) is 5.54 Å². The first-order valence-corrected chi connectivity index (χ1v) is 8.11. The monoisotopic (exact) mass is 292 g/mol. The van der Waals surface area contributed by atoms with Crippen molar-refractivity contribution in [1.29, 1.82) is 0 Å². The molecule has 1 aromatic carbocycles. The Morgan fingerprint density at radius 2 is 1.85 bits per heavy atom. The Hall–Kier alpha value is -0.570. The van der Waals surface area contributed by atoms with Crippen LogP contribution in [0.25, 0.3) is 0 Å². The summed E-state index contributed by atoms with van der Waals surface area (Å²) in [5.74, 6) is 0. The maximum atomic E-state index is 6.32. The van der Waals surface area contributed by atoms with Crippen LogP contribution < -0.4 is 5.32 Å². The summed E-state index contributed by atoms with van der Waals surface area (Å²) in [5.41, 5.74) is 1.77. The summed E-state index contributed by atoms with van der Waals surface area (Å²) in [4.78, 5) is 2.59. The molecule has 0 bridgehead atoms. The first-order chi connectivity index (χ1) is 9.48. The lowest BCUT2D eigenvalue weighted by Crippen LogP contribution is -2.67. The van der Waals surface area contributed by atoms with Crippen molar-refractivity contribution in [2.75, 3.05) is 13.1 Å². The van der Waals surface area contributed by atoms with Gasteiger partial charge in [0.25, 0.3) is 0 Å². The Morgan fingerprint density at radius 3 is 2.55 bits per heavy atom. The van der Waals surface area contributed by atoms with Crippen LogP contribution in [0.4, 0.5) is 0 Å². The summed E-state index contributed by atoms with van der Waals surface area (Å²) in [6.45, 7) is 7.85. The second kappa shape index (κ2) is 5.32. The van der Waals surface area contributed by atoms with Crippen LogP contribution in [0.15, 0.2) is 24.3 Å². The fraction of sp³-hybridized carbons (Fsp3) is 0.647. The molecule has 2 nitrogen and oxygen atoms in total. The molecule has 0 unspecified atom stereocenters. The highest BCUT2D eigenvalue weighted by atomic mass is 35.5. The van der Waals surface area contributed by atoms with E-state index in [1.165, 1.54) is 31.2 Å². The van der Waals surface area contributed by atoms with Crippen LogP contribution in [0.1, 0.15) is 45.1 Å². The van der Waals surface area contributed by atoms with Gasteiger partial charge in [-0.15, -0.1) is 0 Å². The second-order valence-electron chi connectivity index (χ2n) is 7.23. The normalized spacial score (nSPS) is 25.1. The van der Waals surface area contributed by atoms with Gasteiger partial charge in [-0.3, -0.25) is 4.90 Å². The van der Waals surface area contributed by atoms with Gasteiger partial charge in [0.15, 0.2) is 0 Å². The molecule has 1 heterocycles. The third-order valence-corrected chi connectivity index (χ3v) is 5.03. The van der Waals surface area contributed by atoms with Gasteiger partial charge in [0, 0.05) is 35.7 Å². The van der Waals surface area contributed by atoms with Crippen molar-refractivity contribution < 1.29 is 0 Å². The molecule has 1 saturated heterocycles. The Kier molecular flexibility index (Phi) is 3.83. The minimum Gasteiger partial charge on any atom is -0.304 e. The van der Waals surface area contributed by atoms with Crippen LogP contribution in [0.2, 0.25) is 5.02 Å². The van der Waals surface area contributed by atoms with Gasteiger partial charge in [-0.2, -0.15) is 0 Å². The lowest BCUT2D eigenvalue weighted by Gasteiger charge is -2.50. The van der Waals surface area contributed by atoms with Crippen molar-refractivity contribution in [3.63, 3.8) is 0 Å². The highest BCUT2D eigenvalue weighted by molar-refractivity contribution is 6.31. The largest absolute Gasteiger partial charge is 0.304 e. The van der Waals surface area contributed by atoms with Crippen LogP contribution in [0, 0.1) is 0 Å². The lowest BCUT2D eigenvalue weighted by molar-refractivity contribution is 0.0573. The maximum absolute atomic E-state index is 6.32. The SMILES string of the molecule is CC1(C)CN(Cc2ccccc2Cl)CC2(CCCC2)N1. The molecule has 1 aromatic rings. The minimum atomic E-state index is 0.184. The molecule has 3 heteroatoms. The number of piperazine rings is 1. The molecule has 1 aliphatic carbocycles. The van der Waals surface area contributed by atoms with E-state index in [0.29, 0.717) is 5.54 Å². The topological polar surface area (TPSA) is 15.3 Å². The van der Waals surface area contributed by atoms with Gasteiger partial charge in [-0.05, 0) is 38.3 Å². The van der Waals surface area contributed by atoms with Gasteiger partial charge in [0.2, 0.25) is 0 Å². The van der Waals surface area contributed by atoms with Gasteiger partial charge in [0.1, 0.15) is 0 Å². The zero-order valence-electron chi connectivity index (χ0n) is 12.6. The smallest absolute Gasteiger partial charge is 0.0451 e. The molecule has 110 valence electrons. The Bertz CT molecular complexity index is 478. The molecule has 1 saturated carbocycles. The summed E-state index contributed by atoms with van der Waals surface area (Å²) in [7, 11) is 0. The van der Waals surface area contributed by atoms with Gasteiger partial charge in [-0.1, -0.05) is 42.6 Å². The highest BCUT2D eigenvalue weighted by Crippen LogP contribution is 2.36. The fourth-order valence-corrected chi connectivity index (χ4v) is 4.35. The van der Waals surface area contributed by atoms with Crippen LogP contribution in [0.3, 0.4) is 0 Å². The fourth-order valence-electron chi connectivity index (χ4n) is 4.15. The van der Waals surface area contributed by atoms with E-state index < -0.39 is 0 Å². The van der Waals surface area contributed by atoms with E-state index in [0.717, 1.165) is 24.7 Å². The molecule has 1 N–H and O–H groups in total. The van der Waals surface area contributed by atoms with Crippen molar-refractivity contribution in [3.05, 3.63) is 34.9 Å². The van der Waals surface area contributed by atoms with E-state index in [4.69, 9.17) is 11.6 Å². The standard InChI is InChI=1S/C17H25ClN2/c1-16(2)12-20(11-14-7-3-4-8-15(14)18)13-17(19-16)9-5-6-10-17/h3-4,7-8,19H,5-6,9-13H2,1-2H3. The maximum Gasteiger partial charge on any atom is 0.0451 e. The Morgan fingerprint density at radius 1 is 1.15 bits per heavy atom. The van der Waals surface area contributed by atoms with Gasteiger partial charge in [-0.25, -0.2) is 0 Å². The molecule has 1 spiro atoms. The van der Waals surface area contributed by atoms with Crippen molar-refractivity contribution in [2.45, 2.75) is 57.2 Å². The minimum absolute atomic E-state index is 0.184. The molecule has 20 heavy (non-hydrogen) atoms. The average molecular weight is 293 g/mol. The summed E-state index contributed by atoms with van der Waals surface area (Å²) >= 11 is 6.32. The number of rotatable bonds is 2. The quantitative estimate of drug-likeness (QED) is 0.891. The molecular formula is C17H25ClN2. The third-order valence-electron chi connectivity index (χ3n) is 4.66. The number of nitrogens with one attached hydrogen (secondary N) is 1. The Balaban J connectivity index is 1.77. The van der Waals surface area contributed by atoms with Crippen LogP contribution >= 0.6 is 11.6 Å². The molecule has 0 amide bonds. The van der Waals surface area contributed by atoms with Crippen molar-refractivity contribution >= 4 is 11.6 Å². The molecule has 0 radical (unpaired) electrons. The molecule has 2 aliphatic rings. The van der Waals surface area contributed by atoms with Crippen molar-refractivity contribution in [2.24, 2.45) is 0 Å². The van der Waals surface area contributed by atoms with E-state index in [1.807, 2.05) is 12.1 Å². The predicted molar refractivity (Wildman–Crippen MR) is 85.1 cm³/mol. The molecule has 0 atom stereocenters. The summed E-state index contributed by atoms with van der Waals surface area (Å²) < 4.78 is 0. The molecule has 0 aromatic heterocycles. The first-order valence-electron chi connectivity index (χ1n) is 7.73. The van der Waals surface area contributed by atoms with Crippen molar-refractivity contribution in [1.82, 2.24) is 10.2 Å². The van der Waals surface area contributed by atoms with E-state index in [9.17, 15) is 0 Å². The molecular weight excluding hydrogens is 268 g/mol. The third kappa shape index (κ3) is 3.03. The van der Waals surface area contributed by atoms with E-state index in [2.05, 4.69) is 36.2 Å². The van der Waals surface area contributed by atoms with E-state index >= 15 is 0 Å². The van der Waals surface area contributed by atoms with Crippen LogP contribution in [-0.2, 0) is 6.54 Å². The Labute approximate surface area is 127 Å². The summed E-state index contributed by atoms with van der Waals surface area (Å²) in [5, 5.41) is 4.82. The molecule has 1 aliphatic heterocycles. The van der Waals surface area contributed by atoms with Crippen molar-refractivity contribution in [3.8, 4) is 0 Å². The summed E-state index contributed by atoms with van der Waals surface area (Å²) in [6, 6.07) is 8.24. The number of hydrogen-bond donors (Lipinski definition) is 1. The second-order valence-corrected chi connectivity index (χ2v) is 7.64. The number of nitrogens with zero attached hydrogens (tertiary/aromatic N) is 1. The average Bonchev–Trinajstić information content (AvgIpc) is 2.77. The van der Waals surface area contributed by atoms with Gasteiger partial charge in [0.05, 0.1) is 0 Å². The van der Waals surface area contributed by atoms with Gasteiger partial charge >= 0.3 is 0 Å². The predicted octanol–water partition coefficient (Wildman–Crippen LogP) is 3.84. The number of benzene rings is 1. The lowest BCUT2D eigenvalue weighted by atomic mass is 9.87. The van der Waals surface area contributed by atoms with Crippen LogP contribution in [0.5, 0.6) is 0 Å². The van der Waals surface area contributed by atoms with Gasteiger partial charge < -0.3 is 5.32 Å². The highest BCUT2D eigenvalue weighted by Gasteiger charge is 2.43. The number of hydrogen-bond acceptors (Lipinski definition) is 2. The number of halogens is 1. The summed E-state index contributed by atoms with van der Waals surface area (Å²) in [6.07, 6.45) is 5.36. The first kappa shape index (κ1) is 14.4.